The van der Waals surface area contributed by atoms with Gasteiger partial charge in [0.15, 0.2) is 0 Å². The summed E-state index contributed by atoms with van der Waals surface area (Å²) in [5, 5.41) is 11.4. The van der Waals surface area contributed by atoms with Crippen LogP contribution in [0.2, 0.25) is 0 Å². The van der Waals surface area contributed by atoms with E-state index in [9.17, 15) is 0 Å². The first kappa shape index (κ1) is 27.8. The molecular weight excluding hydrogens is 615 g/mol. The van der Waals surface area contributed by atoms with E-state index < -0.39 is 8.07 Å². The molecule has 6 aromatic rings. The third-order valence-electron chi connectivity index (χ3n) is 7.16. The van der Waals surface area contributed by atoms with Gasteiger partial charge in [-0.1, -0.05) is 97.0 Å². The van der Waals surface area contributed by atoms with Gasteiger partial charge in [0.25, 0.3) is 0 Å². The Hall–Kier alpha value is -2.81. The molecule has 0 aliphatic carbocycles. The molecule has 0 aliphatic rings. The second-order valence-electron chi connectivity index (χ2n) is 9.06. The van der Waals surface area contributed by atoms with E-state index in [-0.39, 0.29) is 40.7 Å². The Morgan fingerprint density at radius 1 is 0.472 bits per heavy atom. The van der Waals surface area contributed by atoms with E-state index in [1.165, 1.54) is 53.4 Å². The molecule has 6 rings (SSSR count). The minimum Gasteiger partial charge on any atom is -0.358 e. The zero-order valence-electron chi connectivity index (χ0n) is 21.5. The molecule has 0 saturated carbocycles. The van der Waals surface area contributed by atoms with Crippen molar-refractivity contribution in [2.24, 2.45) is 0 Å². The second kappa shape index (κ2) is 11.1. The number of hydrogen-bond acceptors (Lipinski definition) is 0. The first-order valence-electron chi connectivity index (χ1n) is 11.6. The van der Waals surface area contributed by atoms with E-state index in [0.29, 0.717) is 0 Å². The van der Waals surface area contributed by atoms with Crippen molar-refractivity contribution in [2.75, 3.05) is 0 Å². The fourth-order valence-corrected chi connectivity index (χ4v) is 11.7. The van der Waals surface area contributed by atoms with Crippen molar-refractivity contribution in [1.82, 2.24) is 0 Å². The maximum absolute atomic E-state index is 2.61. The van der Waals surface area contributed by atoms with Crippen molar-refractivity contribution >= 4 is 50.4 Å². The predicted molar refractivity (Wildman–Crippen MR) is 159 cm³/mol. The summed E-state index contributed by atoms with van der Waals surface area (Å²) in [5.74, 6) is 0. The minimum atomic E-state index is -2.61. The fraction of sp³-hybridized carbons (Fsp3) is 0.0588. The standard InChI is InChI=1S/C32H26Si.2CH3.Hf/c1-23-21-25-13-9-11-19-29(25)31(23)33(27-15-5-3-6-16-27,28-17-7-4-8-18-28)32-24(2)22-26-14-10-12-20-30(26)32;;;/h3-22H,1-2H3;2*1H3;/q-2;2*-1;+4. The summed E-state index contributed by atoms with van der Waals surface area (Å²) in [7, 11) is -2.61. The molecule has 0 fully saturated rings. The van der Waals surface area contributed by atoms with Crippen LogP contribution in [0.3, 0.4) is 0 Å². The van der Waals surface area contributed by atoms with E-state index in [1.54, 1.807) is 0 Å². The molecule has 0 N–H and O–H groups in total. The van der Waals surface area contributed by atoms with Crippen molar-refractivity contribution in [3.05, 3.63) is 147 Å². The molecule has 0 aliphatic heterocycles. The summed E-state index contributed by atoms with van der Waals surface area (Å²) < 4.78 is 0. The van der Waals surface area contributed by atoms with Crippen LogP contribution in [0.1, 0.15) is 11.1 Å². The number of fused-ring (bicyclic) bond motifs is 2. The average molecular weight is 647 g/mol. The zero-order chi connectivity index (χ0) is 22.4. The van der Waals surface area contributed by atoms with Crippen molar-refractivity contribution in [3.63, 3.8) is 0 Å². The van der Waals surface area contributed by atoms with E-state index in [0.717, 1.165) is 0 Å². The molecule has 0 unspecified atom stereocenters. The molecular formula is C34H32HfSi. The van der Waals surface area contributed by atoms with Crippen molar-refractivity contribution in [1.29, 1.82) is 0 Å². The van der Waals surface area contributed by atoms with Gasteiger partial charge in [0.1, 0.15) is 0 Å². The van der Waals surface area contributed by atoms with Crippen molar-refractivity contribution in [3.8, 4) is 0 Å². The molecule has 0 saturated heterocycles. The van der Waals surface area contributed by atoms with Crippen molar-refractivity contribution in [2.45, 2.75) is 13.8 Å². The maximum Gasteiger partial charge on any atom is 4.00 e. The van der Waals surface area contributed by atoms with Gasteiger partial charge in [-0.3, -0.25) is 0 Å². The molecule has 0 radical (unpaired) electrons. The molecule has 0 spiro atoms. The largest absolute Gasteiger partial charge is 4.00 e. The quantitative estimate of drug-likeness (QED) is 0.155. The summed E-state index contributed by atoms with van der Waals surface area (Å²) >= 11 is 0. The Balaban J connectivity index is 0.00000120. The number of rotatable bonds is 4. The van der Waals surface area contributed by atoms with Crippen LogP contribution < -0.4 is 20.7 Å². The van der Waals surface area contributed by atoms with Crippen LogP contribution in [-0.4, -0.2) is 8.07 Å². The van der Waals surface area contributed by atoms with E-state index in [2.05, 4.69) is 135 Å². The van der Waals surface area contributed by atoms with Crippen LogP contribution in [0.5, 0.6) is 0 Å². The molecule has 176 valence electrons. The van der Waals surface area contributed by atoms with Crippen LogP contribution in [0.25, 0.3) is 21.5 Å². The van der Waals surface area contributed by atoms with E-state index >= 15 is 0 Å². The summed E-state index contributed by atoms with van der Waals surface area (Å²) in [4.78, 5) is 0. The molecule has 36 heavy (non-hydrogen) atoms. The molecule has 2 heteroatoms. The first-order chi connectivity index (χ1) is 16.2. The number of aryl methyl sites for hydroxylation is 2. The molecule has 0 bridgehead atoms. The molecule has 0 atom stereocenters. The van der Waals surface area contributed by atoms with Crippen LogP contribution in [0, 0.1) is 28.7 Å². The van der Waals surface area contributed by atoms with Gasteiger partial charge in [-0.15, -0.1) is 91.6 Å². The van der Waals surface area contributed by atoms with E-state index in [1.807, 2.05) is 0 Å². The van der Waals surface area contributed by atoms with Gasteiger partial charge in [0.05, 0.1) is 8.07 Å². The van der Waals surface area contributed by atoms with Crippen LogP contribution >= 0.6 is 0 Å². The van der Waals surface area contributed by atoms with Gasteiger partial charge in [-0.2, -0.15) is 0 Å². The predicted octanol–water partition coefficient (Wildman–Crippen LogP) is 6.32. The van der Waals surface area contributed by atoms with Crippen molar-refractivity contribution < 1.29 is 25.8 Å². The summed E-state index contributed by atoms with van der Waals surface area (Å²) in [6.07, 6.45) is 0. The molecule has 6 aromatic carbocycles. The molecule has 0 amide bonds. The zero-order valence-corrected chi connectivity index (χ0v) is 26.1. The molecule has 0 nitrogen and oxygen atoms in total. The van der Waals surface area contributed by atoms with Crippen LogP contribution in [0.4, 0.5) is 0 Å². The maximum atomic E-state index is 2.39. The fourth-order valence-electron chi connectivity index (χ4n) is 5.98. The van der Waals surface area contributed by atoms with Gasteiger partial charge < -0.3 is 14.9 Å². The Labute approximate surface area is 236 Å². The van der Waals surface area contributed by atoms with Crippen LogP contribution in [0.15, 0.2) is 121 Å². The minimum absolute atomic E-state index is 0. The summed E-state index contributed by atoms with van der Waals surface area (Å²) in [6, 6.07) is 45.2. The third kappa shape index (κ3) is 4.11. The average Bonchev–Trinajstić information content (AvgIpc) is 3.38. The Kier molecular flexibility index (Phi) is 8.54. The molecule has 0 aromatic heterocycles. The third-order valence-corrected chi connectivity index (χ3v) is 12.4. The van der Waals surface area contributed by atoms with E-state index in [4.69, 9.17) is 0 Å². The van der Waals surface area contributed by atoms with Gasteiger partial charge >= 0.3 is 25.8 Å². The topological polar surface area (TPSA) is 0 Å². The Morgan fingerprint density at radius 2 is 0.806 bits per heavy atom. The second-order valence-corrected chi connectivity index (χ2v) is 12.7. The summed E-state index contributed by atoms with van der Waals surface area (Å²) in [6.45, 7) is 4.62. The first-order valence-corrected chi connectivity index (χ1v) is 13.6. The summed E-state index contributed by atoms with van der Waals surface area (Å²) in [5.41, 5.74) is 2.78. The smallest absolute Gasteiger partial charge is 0.358 e. The SMILES string of the molecule is Cc1[cH-]c2ccccc2c1[Si](c1ccccc1)(c1ccccc1)c1c(C)[cH-]c2ccccc12.[CH3-].[CH3-].[Hf+4]. The van der Waals surface area contributed by atoms with Gasteiger partial charge in [0.2, 0.25) is 0 Å². The Morgan fingerprint density at radius 3 is 1.19 bits per heavy atom. The number of benzene rings is 4. The van der Waals surface area contributed by atoms with Gasteiger partial charge in [-0.25, -0.2) is 0 Å². The normalized spacial score (nSPS) is 10.9. The van der Waals surface area contributed by atoms with Gasteiger partial charge in [-0.05, 0) is 0 Å². The van der Waals surface area contributed by atoms with Crippen LogP contribution in [-0.2, 0) is 25.8 Å². The van der Waals surface area contributed by atoms with Gasteiger partial charge in [0, 0.05) is 0 Å². The monoisotopic (exact) mass is 648 g/mol. The number of hydrogen-bond donors (Lipinski definition) is 0. The Bertz CT molecular complexity index is 1450. The molecule has 0 heterocycles.